The zero-order valence-corrected chi connectivity index (χ0v) is 15.0. The molecular formula is C19H21NO4S. The lowest BCUT2D eigenvalue weighted by molar-refractivity contribution is -0.147. The van der Waals surface area contributed by atoms with Crippen LogP contribution in [-0.4, -0.2) is 32.3 Å². The van der Waals surface area contributed by atoms with E-state index in [1.165, 1.54) is 7.11 Å². The first-order valence-corrected chi connectivity index (χ1v) is 9.63. The van der Waals surface area contributed by atoms with E-state index in [9.17, 15) is 13.2 Å². The van der Waals surface area contributed by atoms with E-state index < -0.39 is 32.6 Å². The summed E-state index contributed by atoms with van der Waals surface area (Å²) in [6.07, 6.45) is 0.149. The molecule has 0 bridgehead atoms. The van der Waals surface area contributed by atoms with Gasteiger partial charge in [-0.1, -0.05) is 48.5 Å². The Kier molecular flexibility index (Phi) is 4.67. The molecule has 1 aliphatic rings. The van der Waals surface area contributed by atoms with E-state index in [4.69, 9.17) is 4.74 Å². The third kappa shape index (κ3) is 3.19. The summed E-state index contributed by atoms with van der Waals surface area (Å²) in [5.41, 5.74) is -0.221. The molecule has 0 aromatic heterocycles. The van der Waals surface area contributed by atoms with Crippen molar-refractivity contribution >= 4 is 15.8 Å². The summed E-state index contributed by atoms with van der Waals surface area (Å²) < 4.78 is 31.3. The Morgan fingerprint density at radius 3 is 2.20 bits per heavy atom. The fraction of sp³-hybridized carbons (Fsp3) is 0.316. The van der Waals surface area contributed by atoms with Gasteiger partial charge in [-0.2, -0.15) is 0 Å². The second kappa shape index (κ2) is 6.61. The normalized spacial score (nSPS) is 26.3. The van der Waals surface area contributed by atoms with Gasteiger partial charge >= 0.3 is 5.97 Å². The average Bonchev–Trinajstić information content (AvgIpc) is 3.02. The van der Waals surface area contributed by atoms with Crippen LogP contribution in [0.3, 0.4) is 0 Å². The van der Waals surface area contributed by atoms with E-state index in [1.54, 1.807) is 37.3 Å². The van der Waals surface area contributed by atoms with Crippen molar-refractivity contribution in [3.8, 4) is 0 Å². The van der Waals surface area contributed by atoms with Gasteiger partial charge in [-0.15, -0.1) is 0 Å². The predicted molar refractivity (Wildman–Crippen MR) is 94.8 cm³/mol. The molecule has 6 heteroatoms. The number of esters is 1. The van der Waals surface area contributed by atoms with E-state index >= 15 is 0 Å². The molecule has 0 unspecified atom stereocenters. The van der Waals surface area contributed by atoms with E-state index in [1.807, 2.05) is 30.3 Å². The largest absolute Gasteiger partial charge is 0.468 e. The van der Waals surface area contributed by atoms with Gasteiger partial charge in [-0.25, -0.2) is 8.42 Å². The number of ether oxygens (including phenoxy) is 1. The summed E-state index contributed by atoms with van der Waals surface area (Å²) >= 11 is 0. The van der Waals surface area contributed by atoms with Crippen LogP contribution in [0, 0.1) is 0 Å². The van der Waals surface area contributed by atoms with Crippen molar-refractivity contribution in [2.75, 3.05) is 7.11 Å². The van der Waals surface area contributed by atoms with Crippen LogP contribution in [-0.2, 0) is 19.4 Å². The molecule has 132 valence electrons. The highest BCUT2D eigenvalue weighted by Crippen LogP contribution is 2.40. The van der Waals surface area contributed by atoms with Crippen LogP contribution in [0.4, 0.5) is 0 Å². The SMILES string of the molecule is COC(=O)[C@@]1(C)C[C@@H](S(=O)(=O)c2ccccc2)[C@@H](c2ccccc2)N1. The maximum atomic E-state index is 13.2. The number of rotatable bonds is 4. The van der Waals surface area contributed by atoms with Crippen molar-refractivity contribution in [1.82, 2.24) is 5.32 Å². The van der Waals surface area contributed by atoms with E-state index in [0.29, 0.717) is 0 Å². The predicted octanol–water partition coefficient (Wildman–Crippen LogP) is 2.50. The maximum absolute atomic E-state index is 13.2. The Bertz CT molecular complexity index is 852. The van der Waals surface area contributed by atoms with Gasteiger partial charge in [0.25, 0.3) is 0 Å². The Morgan fingerprint density at radius 2 is 1.64 bits per heavy atom. The van der Waals surface area contributed by atoms with Crippen LogP contribution in [0.15, 0.2) is 65.6 Å². The molecule has 25 heavy (non-hydrogen) atoms. The summed E-state index contributed by atoms with van der Waals surface area (Å²) in [5.74, 6) is -0.459. The standard InChI is InChI=1S/C19H21NO4S/c1-19(18(21)24-2)13-16(17(20-19)14-9-5-3-6-10-14)25(22,23)15-11-7-4-8-12-15/h3-12,16-17,20H,13H2,1-2H3/t16-,17-,19-/m1/s1. The third-order valence-electron chi connectivity index (χ3n) is 4.72. The van der Waals surface area contributed by atoms with Crippen molar-refractivity contribution < 1.29 is 17.9 Å². The highest BCUT2D eigenvalue weighted by molar-refractivity contribution is 7.92. The van der Waals surface area contributed by atoms with Gasteiger partial charge in [0.2, 0.25) is 0 Å². The van der Waals surface area contributed by atoms with Crippen molar-refractivity contribution in [2.24, 2.45) is 0 Å². The Hall–Kier alpha value is -2.18. The summed E-state index contributed by atoms with van der Waals surface area (Å²) in [5, 5.41) is 2.44. The molecule has 0 aliphatic carbocycles. The lowest BCUT2D eigenvalue weighted by Crippen LogP contribution is -2.45. The number of hydrogen-bond acceptors (Lipinski definition) is 5. The summed E-state index contributed by atoms with van der Waals surface area (Å²) in [7, 11) is -2.31. The van der Waals surface area contributed by atoms with Gasteiger partial charge in [0.15, 0.2) is 9.84 Å². The smallest absolute Gasteiger partial charge is 0.325 e. The molecule has 0 saturated carbocycles. The quantitative estimate of drug-likeness (QED) is 0.849. The van der Waals surface area contributed by atoms with Crippen LogP contribution in [0.25, 0.3) is 0 Å². The van der Waals surface area contributed by atoms with Gasteiger partial charge in [0, 0.05) is 0 Å². The lowest BCUT2D eigenvalue weighted by Gasteiger charge is -2.22. The molecule has 1 heterocycles. The second-order valence-corrected chi connectivity index (χ2v) is 8.62. The van der Waals surface area contributed by atoms with E-state index in [2.05, 4.69) is 5.32 Å². The van der Waals surface area contributed by atoms with Gasteiger partial charge in [-0.3, -0.25) is 10.1 Å². The Labute approximate surface area is 147 Å². The molecule has 1 N–H and O–H groups in total. The maximum Gasteiger partial charge on any atom is 0.325 e. The zero-order chi connectivity index (χ0) is 18.1. The van der Waals surface area contributed by atoms with Crippen molar-refractivity contribution in [2.45, 2.75) is 35.1 Å². The first-order chi connectivity index (χ1) is 11.9. The van der Waals surface area contributed by atoms with Crippen LogP contribution in [0.5, 0.6) is 0 Å². The van der Waals surface area contributed by atoms with Crippen LogP contribution in [0.2, 0.25) is 0 Å². The Balaban J connectivity index is 2.07. The fourth-order valence-electron chi connectivity index (χ4n) is 3.42. The number of hydrogen-bond donors (Lipinski definition) is 1. The summed E-state index contributed by atoms with van der Waals surface area (Å²) in [4.78, 5) is 12.5. The van der Waals surface area contributed by atoms with Gasteiger partial charge in [0.1, 0.15) is 5.54 Å². The molecule has 0 radical (unpaired) electrons. The first kappa shape index (κ1) is 17.6. The molecule has 1 saturated heterocycles. The fourth-order valence-corrected chi connectivity index (χ4v) is 5.44. The number of benzene rings is 2. The Morgan fingerprint density at radius 1 is 1.08 bits per heavy atom. The minimum absolute atomic E-state index is 0.149. The molecule has 0 spiro atoms. The van der Waals surface area contributed by atoms with Crippen molar-refractivity contribution in [3.63, 3.8) is 0 Å². The molecular weight excluding hydrogens is 338 g/mol. The number of nitrogens with one attached hydrogen (secondary N) is 1. The average molecular weight is 359 g/mol. The second-order valence-electron chi connectivity index (χ2n) is 6.46. The third-order valence-corrected chi connectivity index (χ3v) is 6.89. The number of carbonyl (C=O) groups is 1. The van der Waals surface area contributed by atoms with E-state index in [0.717, 1.165) is 5.56 Å². The van der Waals surface area contributed by atoms with Gasteiger partial charge in [0.05, 0.1) is 23.3 Å². The summed E-state index contributed by atoms with van der Waals surface area (Å²) in [6, 6.07) is 17.2. The zero-order valence-electron chi connectivity index (χ0n) is 14.2. The van der Waals surface area contributed by atoms with Crippen LogP contribution < -0.4 is 5.32 Å². The number of methoxy groups -OCH3 is 1. The van der Waals surface area contributed by atoms with E-state index in [-0.39, 0.29) is 11.3 Å². The van der Waals surface area contributed by atoms with Gasteiger partial charge in [-0.05, 0) is 31.0 Å². The van der Waals surface area contributed by atoms with Crippen molar-refractivity contribution in [3.05, 3.63) is 66.2 Å². The molecule has 1 aliphatic heterocycles. The molecule has 3 rings (SSSR count). The molecule has 5 nitrogen and oxygen atoms in total. The minimum atomic E-state index is -3.62. The number of carbonyl (C=O) groups excluding carboxylic acids is 1. The topological polar surface area (TPSA) is 72.5 Å². The molecule has 0 amide bonds. The number of sulfone groups is 1. The molecule has 1 fully saturated rings. The molecule has 3 atom stereocenters. The monoisotopic (exact) mass is 359 g/mol. The van der Waals surface area contributed by atoms with Crippen molar-refractivity contribution in [1.29, 1.82) is 0 Å². The highest BCUT2D eigenvalue weighted by atomic mass is 32.2. The van der Waals surface area contributed by atoms with Gasteiger partial charge < -0.3 is 4.74 Å². The highest BCUT2D eigenvalue weighted by Gasteiger charge is 2.52. The molecule has 2 aromatic carbocycles. The first-order valence-electron chi connectivity index (χ1n) is 8.08. The molecule has 2 aromatic rings. The van der Waals surface area contributed by atoms with Crippen LogP contribution >= 0.6 is 0 Å². The minimum Gasteiger partial charge on any atom is -0.468 e. The van der Waals surface area contributed by atoms with Crippen LogP contribution in [0.1, 0.15) is 24.9 Å². The summed E-state index contributed by atoms with van der Waals surface area (Å²) in [6.45, 7) is 1.69. The lowest BCUT2D eigenvalue weighted by atomic mass is 10.00.